The van der Waals surface area contributed by atoms with Gasteiger partial charge in [0.2, 0.25) is 0 Å². The van der Waals surface area contributed by atoms with E-state index in [1.165, 1.54) is 44.9 Å². The first-order valence-electron chi connectivity index (χ1n) is 16.1. The van der Waals surface area contributed by atoms with Crippen LogP contribution in [-0.2, 0) is 16.0 Å². The first-order chi connectivity index (χ1) is 20.3. The van der Waals surface area contributed by atoms with Gasteiger partial charge >= 0.3 is 12.1 Å². The summed E-state index contributed by atoms with van der Waals surface area (Å²) in [6.45, 7) is 5.00. The maximum atomic E-state index is 13.5. The third-order valence-electron chi connectivity index (χ3n) is 7.41. The van der Waals surface area contributed by atoms with E-state index in [0.29, 0.717) is 31.0 Å². The van der Waals surface area contributed by atoms with Gasteiger partial charge in [0.25, 0.3) is 0 Å². The highest BCUT2D eigenvalue weighted by Crippen LogP contribution is 2.28. The lowest BCUT2D eigenvalue weighted by Gasteiger charge is -2.20. The lowest BCUT2D eigenvalue weighted by Crippen LogP contribution is -2.34. The van der Waals surface area contributed by atoms with Crippen LogP contribution in [0.5, 0.6) is 5.75 Å². The number of aryl methyl sites for hydroxylation is 1. The molecule has 0 radical (unpaired) electrons. The molecule has 5 nitrogen and oxygen atoms in total. The van der Waals surface area contributed by atoms with Crippen molar-refractivity contribution in [3.8, 4) is 17.1 Å². The van der Waals surface area contributed by atoms with Gasteiger partial charge in [-0.25, -0.2) is 9.97 Å². The number of benzene rings is 1. The third-order valence-corrected chi connectivity index (χ3v) is 7.41. The topological polar surface area (TPSA) is 61.3 Å². The van der Waals surface area contributed by atoms with Crippen molar-refractivity contribution in [2.75, 3.05) is 6.61 Å². The molecule has 2 aromatic rings. The molecule has 0 spiro atoms. The number of unbranched alkanes of at least 4 members (excludes halogenated alkanes) is 12. The Labute approximate surface area is 251 Å². The van der Waals surface area contributed by atoms with Crippen molar-refractivity contribution >= 4 is 5.97 Å². The zero-order valence-electron chi connectivity index (χ0n) is 25.7. The second kappa shape index (κ2) is 21.1. The Morgan fingerprint density at radius 3 is 1.88 bits per heavy atom. The van der Waals surface area contributed by atoms with E-state index in [1.54, 1.807) is 12.4 Å². The number of ether oxygens (including phenoxy) is 2. The number of aromatic nitrogens is 2. The van der Waals surface area contributed by atoms with Gasteiger partial charge in [-0.05, 0) is 37.7 Å². The summed E-state index contributed by atoms with van der Waals surface area (Å²) in [5.41, 5.74) is 1.73. The Bertz CT molecular complexity index is 965. The summed E-state index contributed by atoms with van der Waals surface area (Å²) in [6.07, 6.45) is 12.9. The largest absolute Gasteiger partial charge is 0.490 e. The molecular weight excluding hydrogens is 541 g/mol. The van der Waals surface area contributed by atoms with Crippen molar-refractivity contribution < 1.29 is 27.4 Å². The van der Waals surface area contributed by atoms with Gasteiger partial charge in [-0.1, -0.05) is 115 Å². The summed E-state index contributed by atoms with van der Waals surface area (Å²) in [7, 11) is 0. The Hall–Kier alpha value is -2.64. The maximum Gasteiger partial charge on any atom is 0.425 e. The molecule has 0 aliphatic rings. The minimum absolute atomic E-state index is 0.0363. The van der Waals surface area contributed by atoms with Gasteiger partial charge in [0.1, 0.15) is 0 Å². The average Bonchev–Trinajstić information content (AvgIpc) is 2.98. The van der Waals surface area contributed by atoms with E-state index >= 15 is 0 Å². The van der Waals surface area contributed by atoms with E-state index in [1.807, 2.05) is 24.3 Å². The van der Waals surface area contributed by atoms with Gasteiger partial charge < -0.3 is 9.47 Å². The number of carbonyl (C=O) groups is 1. The summed E-state index contributed by atoms with van der Waals surface area (Å²) in [5, 5.41) is 0. The van der Waals surface area contributed by atoms with Crippen LogP contribution >= 0.6 is 0 Å². The van der Waals surface area contributed by atoms with Crippen LogP contribution in [0, 0.1) is 0 Å². The van der Waals surface area contributed by atoms with Crippen LogP contribution in [0.4, 0.5) is 13.2 Å². The maximum absolute atomic E-state index is 13.5. The molecule has 1 atom stereocenters. The third kappa shape index (κ3) is 15.5. The quantitative estimate of drug-likeness (QED) is 0.0949. The molecule has 0 bridgehead atoms. The van der Waals surface area contributed by atoms with E-state index in [9.17, 15) is 18.0 Å². The highest BCUT2D eigenvalue weighted by Gasteiger charge is 2.42. The molecule has 1 aromatic carbocycles. The Morgan fingerprint density at radius 2 is 1.31 bits per heavy atom. The molecule has 1 unspecified atom stereocenters. The van der Waals surface area contributed by atoms with E-state index < -0.39 is 18.2 Å². The molecule has 0 fully saturated rings. The number of hydrogen-bond acceptors (Lipinski definition) is 5. The van der Waals surface area contributed by atoms with Crippen molar-refractivity contribution in [2.45, 2.75) is 142 Å². The van der Waals surface area contributed by atoms with Crippen molar-refractivity contribution in [2.24, 2.45) is 0 Å². The zero-order valence-corrected chi connectivity index (χ0v) is 25.7. The van der Waals surface area contributed by atoms with Crippen molar-refractivity contribution in [1.82, 2.24) is 9.97 Å². The second-order valence-electron chi connectivity index (χ2n) is 11.2. The van der Waals surface area contributed by atoms with E-state index in [4.69, 9.17) is 9.47 Å². The normalized spacial score (nSPS) is 12.3. The SMILES string of the molecule is CCCCCCCCCCOc1cnc(-c2ccc(CCCC(OC(=O)CCCCCCCC)C(F)(F)F)cc2)nc1. The molecule has 0 saturated carbocycles. The standard InChI is InChI=1S/C34H51F3N2O3/c1-3-5-7-9-11-12-14-16-25-41-30-26-38-33(39-27-30)29-23-21-28(22-24-29)18-17-19-31(34(35,36)37)42-32(40)20-15-13-10-8-6-4-2/h21-24,26-27,31H,3-20,25H2,1-2H3. The van der Waals surface area contributed by atoms with Crippen molar-refractivity contribution in [3.63, 3.8) is 0 Å². The van der Waals surface area contributed by atoms with Crippen LogP contribution in [0.25, 0.3) is 11.4 Å². The molecular formula is C34H51F3N2O3. The molecule has 236 valence electrons. The first kappa shape index (κ1) is 35.6. The molecule has 8 heteroatoms. The first-order valence-corrected chi connectivity index (χ1v) is 16.1. The van der Waals surface area contributed by atoms with Crippen LogP contribution in [0.1, 0.15) is 129 Å². The van der Waals surface area contributed by atoms with E-state index in [0.717, 1.165) is 49.7 Å². The van der Waals surface area contributed by atoms with Gasteiger partial charge in [0, 0.05) is 12.0 Å². The number of carbonyl (C=O) groups excluding carboxylic acids is 1. The Balaban J connectivity index is 1.70. The molecule has 42 heavy (non-hydrogen) atoms. The number of rotatable bonds is 23. The molecule has 0 saturated heterocycles. The number of halogens is 3. The molecule has 1 aromatic heterocycles. The fraction of sp³-hybridized carbons (Fsp3) is 0.676. The average molecular weight is 593 g/mol. The second-order valence-corrected chi connectivity index (χ2v) is 11.2. The summed E-state index contributed by atoms with van der Waals surface area (Å²) >= 11 is 0. The van der Waals surface area contributed by atoms with Crippen LogP contribution < -0.4 is 4.74 Å². The molecule has 0 aliphatic carbocycles. The predicted octanol–water partition coefficient (Wildman–Crippen LogP) is 10.2. The molecule has 1 heterocycles. The van der Waals surface area contributed by atoms with Crippen molar-refractivity contribution in [1.29, 1.82) is 0 Å². The number of alkyl halides is 3. The van der Waals surface area contributed by atoms with Gasteiger partial charge in [-0.15, -0.1) is 0 Å². The summed E-state index contributed by atoms with van der Waals surface area (Å²) in [4.78, 5) is 20.8. The Morgan fingerprint density at radius 1 is 0.762 bits per heavy atom. The summed E-state index contributed by atoms with van der Waals surface area (Å²) in [6, 6.07) is 7.48. The molecule has 0 N–H and O–H groups in total. The fourth-order valence-corrected chi connectivity index (χ4v) is 4.83. The smallest absolute Gasteiger partial charge is 0.425 e. The van der Waals surface area contributed by atoms with Gasteiger partial charge in [-0.3, -0.25) is 4.79 Å². The predicted molar refractivity (Wildman–Crippen MR) is 162 cm³/mol. The number of esters is 1. The van der Waals surface area contributed by atoms with E-state index in [2.05, 4.69) is 23.8 Å². The van der Waals surface area contributed by atoms with Crippen molar-refractivity contribution in [3.05, 3.63) is 42.2 Å². The fourth-order valence-electron chi connectivity index (χ4n) is 4.83. The number of nitrogens with zero attached hydrogens (tertiary/aromatic N) is 2. The number of hydrogen-bond donors (Lipinski definition) is 0. The lowest BCUT2D eigenvalue weighted by molar-refractivity contribution is -0.222. The van der Waals surface area contributed by atoms with Gasteiger partial charge in [-0.2, -0.15) is 13.2 Å². The highest BCUT2D eigenvalue weighted by atomic mass is 19.4. The molecule has 2 rings (SSSR count). The summed E-state index contributed by atoms with van der Waals surface area (Å²) < 4.78 is 51.0. The van der Waals surface area contributed by atoms with Crippen LogP contribution in [0.15, 0.2) is 36.7 Å². The Kier molecular flexibility index (Phi) is 17.9. The minimum Gasteiger partial charge on any atom is -0.490 e. The van der Waals surface area contributed by atoms with Crippen LogP contribution in [-0.4, -0.2) is 34.8 Å². The highest BCUT2D eigenvalue weighted by molar-refractivity contribution is 5.69. The van der Waals surface area contributed by atoms with Crippen LogP contribution in [0.3, 0.4) is 0 Å². The molecule has 0 amide bonds. The van der Waals surface area contributed by atoms with Crippen LogP contribution in [0.2, 0.25) is 0 Å². The summed E-state index contributed by atoms with van der Waals surface area (Å²) in [5.74, 6) is 0.447. The van der Waals surface area contributed by atoms with Gasteiger partial charge in [0.15, 0.2) is 17.7 Å². The lowest BCUT2D eigenvalue weighted by atomic mass is 10.0. The molecule has 0 aliphatic heterocycles. The monoisotopic (exact) mass is 592 g/mol. The van der Waals surface area contributed by atoms with Gasteiger partial charge in [0.05, 0.1) is 19.0 Å². The zero-order chi connectivity index (χ0) is 30.5. The minimum atomic E-state index is -4.57. The van der Waals surface area contributed by atoms with E-state index in [-0.39, 0.29) is 19.3 Å².